The summed E-state index contributed by atoms with van der Waals surface area (Å²) in [7, 11) is 0. The highest BCUT2D eigenvalue weighted by Gasteiger charge is 2.22. The van der Waals surface area contributed by atoms with Crippen molar-refractivity contribution in [1.29, 1.82) is 0 Å². The minimum atomic E-state index is -1.47. The summed E-state index contributed by atoms with van der Waals surface area (Å²) in [5.41, 5.74) is 4.04. The van der Waals surface area contributed by atoms with Crippen molar-refractivity contribution < 1.29 is 17.6 Å². The van der Waals surface area contributed by atoms with Crippen molar-refractivity contribution in [1.82, 2.24) is 19.9 Å². The van der Waals surface area contributed by atoms with Crippen LogP contribution in [0.15, 0.2) is 48.5 Å². The molecular formula is C26H14F4N4. The van der Waals surface area contributed by atoms with Crippen LogP contribution in [0.5, 0.6) is 0 Å². The van der Waals surface area contributed by atoms with Gasteiger partial charge in [0.2, 0.25) is 0 Å². The van der Waals surface area contributed by atoms with Crippen LogP contribution in [0, 0.1) is 23.3 Å². The lowest BCUT2D eigenvalue weighted by atomic mass is 10.0. The van der Waals surface area contributed by atoms with Gasteiger partial charge in [-0.25, -0.2) is 27.5 Å². The van der Waals surface area contributed by atoms with Crippen molar-refractivity contribution in [3.05, 3.63) is 94.6 Å². The molecular weight excluding hydrogens is 444 g/mol. The molecule has 0 saturated heterocycles. The molecule has 166 valence electrons. The van der Waals surface area contributed by atoms with Crippen LogP contribution in [-0.4, -0.2) is 19.9 Å². The Morgan fingerprint density at radius 1 is 0.529 bits per heavy atom. The molecule has 5 heterocycles. The van der Waals surface area contributed by atoms with E-state index in [1.165, 1.54) is 6.07 Å². The molecule has 1 aromatic carbocycles. The summed E-state index contributed by atoms with van der Waals surface area (Å²) in [5.74, 6) is -5.88. The van der Waals surface area contributed by atoms with Crippen molar-refractivity contribution in [2.45, 2.75) is 0 Å². The van der Waals surface area contributed by atoms with Crippen LogP contribution < -0.4 is 0 Å². The van der Waals surface area contributed by atoms with Crippen molar-refractivity contribution in [3.63, 3.8) is 0 Å². The first kappa shape index (κ1) is 20.2. The van der Waals surface area contributed by atoms with Crippen LogP contribution in [-0.2, 0) is 0 Å². The maximum atomic E-state index is 14.7. The zero-order valence-corrected chi connectivity index (χ0v) is 17.3. The van der Waals surface area contributed by atoms with Gasteiger partial charge in [0, 0.05) is 33.7 Å². The molecule has 0 aliphatic carbocycles. The Hall–Kier alpha value is -4.46. The average Bonchev–Trinajstić information content (AvgIpc) is 3.58. The van der Waals surface area contributed by atoms with Crippen molar-refractivity contribution >= 4 is 46.4 Å². The quantitative estimate of drug-likeness (QED) is 0.208. The number of halogens is 4. The molecule has 8 bridgehead atoms. The Kier molecular flexibility index (Phi) is 4.48. The Labute approximate surface area is 190 Å². The molecule has 0 spiro atoms. The minimum Gasteiger partial charge on any atom is -0.355 e. The van der Waals surface area contributed by atoms with E-state index in [0.717, 1.165) is 16.9 Å². The fraction of sp³-hybridized carbons (Fsp3) is 0. The highest BCUT2D eigenvalue weighted by atomic mass is 19.2. The predicted octanol–water partition coefficient (Wildman–Crippen LogP) is 6.88. The number of benzene rings is 1. The van der Waals surface area contributed by atoms with E-state index in [4.69, 9.17) is 0 Å². The van der Waals surface area contributed by atoms with E-state index < -0.39 is 28.8 Å². The normalized spacial score (nSPS) is 12.5. The third-order valence-corrected chi connectivity index (χ3v) is 5.55. The third-order valence-electron chi connectivity index (χ3n) is 5.55. The summed E-state index contributed by atoms with van der Waals surface area (Å²) in [6.07, 6.45) is 7.27. The standard InChI is InChI=1S/C26H14F4N4/c27-21-12-22(28)26(30)24(25(21)29)20-10-19-9-17-4-3-15(32-17)7-13-1-2-14(31-13)8-16-5-6-18(33-16)11-23(20)34-19/h1-12,32,34H. The van der Waals surface area contributed by atoms with Gasteiger partial charge in [-0.15, -0.1) is 0 Å². The van der Waals surface area contributed by atoms with E-state index in [-0.39, 0.29) is 17.1 Å². The minimum absolute atomic E-state index is 0.0299. The van der Waals surface area contributed by atoms with Crippen LogP contribution in [0.3, 0.4) is 0 Å². The van der Waals surface area contributed by atoms with E-state index in [1.54, 1.807) is 30.4 Å². The van der Waals surface area contributed by atoms with Gasteiger partial charge in [-0.05, 0) is 66.8 Å². The summed E-state index contributed by atoms with van der Waals surface area (Å²) in [6.45, 7) is 0. The van der Waals surface area contributed by atoms with Gasteiger partial charge < -0.3 is 9.97 Å². The van der Waals surface area contributed by atoms with Crippen LogP contribution in [0.1, 0.15) is 22.8 Å². The molecule has 4 nitrogen and oxygen atoms in total. The van der Waals surface area contributed by atoms with Crippen LogP contribution in [0.25, 0.3) is 57.5 Å². The number of nitrogens with one attached hydrogen (secondary N) is 2. The van der Waals surface area contributed by atoms with Crippen molar-refractivity contribution in [2.24, 2.45) is 0 Å². The van der Waals surface area contributed by atoms with E-state index in [9.17, 15) is 17.6 Å². The molecule has 0 radical (unpaired) electrons. The lowest BCUT2D eigenvalue weighted by molar-refractivity contribution is 0.458. The Morgan fingerprint density at radius 3 is 1.74 bits per heavy atom. The topological polar surface area (TPSA) is 57.4 Å². The third kappa shape index (κ3) is 3.49. The maximum absolute atomic E-state index is 14.7. The number of fused-ring (bicyclic) bond motifs is 8. The second kappa shape index (κ2) is 7.55. The molecule has 2 aliphatic heterocycles. The number of rotatable bonds is 1. The molecule has 0 saturated carbocycles. The number of nitrogens with zero attached hydrogens (tertiary/aromatic N) is 2. The van der Waals surface area contributed by atoms with Gasteiger partial charge in [-0.2, -0.15) is 0 Å². The lowest BCUT2D eigenvalue weighted by Gasteiger charge is -2.05. The average molecular weight is 458 g/mol. The highest BCUT2D eigenvalue weighted by molar-refractivity contribution is 5.88. The van der Waals surface area contributed by atoms with Crippen molar-refractivity contribution in [3.8, 4) is 11.1 Å². The highest BCUT2D eigenvalue weighted by Crippen LogP contribution is 2.34. The van der Waals surface area contributed by atoms with Crippen LogP contribution in [0.4, 0.5) is 17.6 Å². The van der Waals surface area contributed by atoms with E-state index in [2.05, 4.69) is 19.9 Å². The van der Waals surface area contributed by atoms with Gasteiger partial charge in [0.1, 0.15) is 0 Å². The number of aromatic nitrogens is 4. The molecule has 4 aromatic rings. The second-order valence-corrected chi connectivity index (χ2v) is 7.93. The molecule has 34 heavy (non-hydrogen) atoms. The van der Waals surface area contributed by atoms with Crippen LogP contribution >= 0.6 is 0 Å². The molecule has 0 atom stereocenters. The molecule has 2 N–H and O–H groups in total. The number of aromatic amines is 2. The lowest BCUT2D eigenvalue weighted by Crippen LogP contribution is -1.98. The fourth-order valence-corrected chi connectivity index (χ4v) is 4.03. The fourth-order valence-electron chi connectivity index (χ4n) is 4.03. The Balaban J connectivity index is 1.71. The molecule has 0 unspecified atom stereocenters. The van der Waals surface area contributed by atoms with E-state index in [0.29, 0.717) is 22.4 Å². The number of H-pyrrole nitrogens is 2. The maximum Gasteiger partial charge on any atom is 0.169 e. The Bertz CT molecular complexity index is 1680. The summed E-state index contributed by atoms with van der Waals surface area (Å²) in [6, 6.07) is 12.3. The molecule has 8 heteroatoms. The summed E-state index contributed by atoms with van der Waals surface area (Å²) in [5, 5.41) is 0. The number of hydrogen-bond donors (Lipinski definition) is 2. The number of hydrogen-bond acceptors (Lipinski definition) is 2. The first-order chi connectivity index (χ1) is 16.4. The Morgan fingerprint density at radius 2 is 1.09 bits per heavy atom. The summed E-state index contributed by atoms with van der Waals surface area (Å²) in [4.78, 5) is 15.3. The summed E-state index contributed by atoms with van der Waals surface area (Å²) >= 11 is 0. The van der Waals surface area contributed by atoms with E-state index in [1.807, 2.05) is 30.4 Å². The zero-order chi connectivity index (χ0) is 23.4. The van der Waals surface area contributed by atoms with Gasteiger partial charge in [0.05, 0.1) is 28.3 Å². The molecule has 2 aliphatic rings. The summed E-state index contributed by atoms with van der Waals surface area (Å²) < 4.78 is 57.3. The van der Waals surface area contributed by atoms with Gasteiger partial charge in [0.15, 0.2) is 23.3 Å². The van der Waals surface area contributed by atoms with Crippen LogP contribution in [0.2, 0.25) is 0 Å². The van der Waals surface area contributed by atoms with E-state index >= 15 is 0 Å². The first-order valence-electron chi connectivity index (χ1n) is 10.3. The van der Waals surface area contributed by atoms with Gasteiger partial charge in [-0.1, -0.05) is 0 Å². The molecule has 6 rings (SSSR count). The largest absolute Gasteiger partial charge is 0.355 e. The first-order valence-corrected chi connectivity index (χ1v) is 10.3. The molecule has 3 aromatic heterocycles. The zero-order valence-electron chi connectivity index (χ0n) is 17.3. The van der Waals surface area contributed by atoms with Gasteiger partial charge in [0.25, 0.3) is 0 Å². The smallest absolute Gasteiger partial charge is 0.169 e. The SMILES string of the molecule is Fc1cc(F)c(F)c(-c2cc3cc4ccc(cc5nc(cc6nc(cc2[nH]3)C=C6)C=C5)[nH]4)c1F. The monoisotopic (exact) mass is 458 g/mol. The second-order valence-electron chi connectivity index (χ2n) is 7.93. The van der Waals surface area contributed by atoms with Gasteiger partial charge >= 0.3 is 0 Å². The molecule has 0 amide bonds. The predicted molar refractivity (Wildman–Crippen MR) is 124 cm³/mol. The van der Waals surface area contributed by atoms with Crippen molar-refractivity contribution in [2.75, 3.05) is 0 Å². The van der Waals surface area contributed by atoms with Gasteiger partial charge in [-0.3, -0.25) is 0 Å². The molecule has 0 fully saturated rings.